The zero-order chi connectivity index (χ0) is 30.5. The molecular formula is C33H39F5O4. The average Bonchev–Trinajstić information content (AvgIpc) is 3.21. The van der Waals surface area contributed by atoms with E-state index in [0.717, 1.165) is 27.8 Å². The quantitative estimate of drug-likeness (QED) is 0.367. The molecule has 4 nitrogen and oxygen atoms in total. The maximum Gasteiger partial charge on any atom is 0.456 e. The Morgan fingerprint density at radius 3 is 2.17 bits per heavy atom. The second-order valence-corrected chi connectivity index (χ2v) is 14.1. The van der Waals surface area contributed by atoms with E-state index in [-0.39, 0.29) is 24.5 Å². The fraction of sp³-hybridized carbons (Fsp3) is 0.667. The summed E-state index contributed by atoms with van der Waals surface area (Å²) in [5, 5.41) is 11.5. The summed E-state index contributed by atoms with van der Waals surface area (Å²) in [5.41, 5.74) is -0.420. The van der Waals surface area contributed by atoms with Gasteiger partial charge in [-0.15, -0.1) is 0 Å². The first-order valence-electron chi connectivity index (χ1n) is 14.9. The van der Waals surface area contributed by atoms with Gasteiger partial charge < -0.3 is 14.6 Å². The summed E-state index contributed by atoms with van der Waals surface area (Å²) in [7, 11) is 0. The molecule has 0 bridgehead atoms. The van der Waals surface area contributed by atoms with Gasteiger partial charge in [0.1, 0.15) is 5.60 Å². The maximum absolute atomic E-state index is 15.2. The van der Waals surface area contributed by atoms with E-state index in [0.29, 0.717) is 38.9 Å². The van der Waals surface area contributed by atoms with Crippen LogP contribution in [-0.4, -0.2) is 47.6 Å². The molecule has 6 rings (SSSR count). The summed E-state index contributed by atoms with van der Waals surface area (Å²) in [5.74, 6) is -7.10. The SMILES string of the molecule is CC1(C)OCC(C)(c2ccc([C@H]3C[C@@]4(C)C(CC[C@@]4(O)C(F)(F)C(F)(F)F)C4CCC5=CC(=O)CCC5=C43)cc2)CO1. The fourth-order valence-electron chi connectivity index (χ4n) is 8.75. The summed E-state index contributed by atoms with van der Waals surface area (Å²) in [6.45, 7) is 8.09. The summed E-state index contributed by atoms with van der Waals surface area (Å²) in [6, 6.07) is 7.79. The van der Waals surface area contributed by atoms with Crippen LogP contribution in [-0.2, 0) is 19.7 Å². The summed E-state index contributed by atoms with van der Waals surface area (Å²) >= 11 is 0. The van der Waals surface area contributed by atoms with Gasteiger partial charge in [-0.05, 0) is 92.6 Å². The van der Waals surface area contributed by atoms with Gasteiger partial charge in [0.25, 0.3) is 0 Å². The van der Waals surface area contributed by atoms with Gasteiger partial charge in [0, 0.05) is 23.2 Å². The highest BCUT2D eigenvalue weighted by molar-refractivity contribution is 5.93. The third-order valence-corrected chi connectivity index (χ3v) is 11.2. The zero-order valence-corrected chi connectivity index (χ0v) is 24.5. The highest BCUT2D eigenvalue weighted by atomic mass is 19.4. The molecule has 1 aromatic rings. The molecule has 0 spiro atoms. The molecule has 5 atom stereocenters. The molecule has 230 valence electrons. The van der Waals surface area contributed by atoms with Crippen molar-refractivity contribution in [3.05, 3.63) is 58.2 Å². The van der Waals surface area contributed by atoms with Crippen molar-refractivity contribution in [2.75, 3.05) is 13.2 Å². The van der Waals surface area contributed by atoms with Crippen LogP contribution >= 0.6 is 0 Å². The highest BCUT2D eigenvalue weighted by Gasteiger charge is 2.79. The Labute approximate surface area is 243 Å². The number of ether oxygens (including phenoxy) is 2. The van der Waals surface area contributed by atoms with E-state index >= 15 is 8.78 Å². The van der Waals surface area contributed by atoms with E-state index in [1.54, 1.807) is 6.08 Å². The van der Waals surface area contributed by atoms with Crippen molar-refractivity contribution in [2.24, 2.45) is 17.3 Å². The third-order valence-electron chi connectivity index (χ3n) is 11.2. The Morgan fingerprint density at radius 1 is 0.905 bits per heavy atom. The predicted octanol–water partition coefficient (Wildman–Crippen LogP) is 7.56. The van der Waals surface area contributed by atoms with Crippen LogP contribution in [0.25, 0.3) is 0 Å². The van der Waals surface area contributed by atoms with Gasteiger partial charge in [0.05, 0.1) is 13.2 Å². The molecule has 4 aliphatic carbocycles. The number of carbonyl (C=O) groups is 1. The summed E-state index contributed by atoms with van der Waals surface area (Å²) in [4.78, 5) is 12.3. The fourth-order valence-corrected chi connectivity index (χ4v) is 8.75. The lowest BCUT2D eigenvalue weighted by Crippen LogP contribution is -2.65. The lowest BCUT2D eigenvalue weighted by Gasteiger charge is -2.56. The van der Waals surface area contributed by atoms with Crippen molar-refractivity contribution in [1.29, 1.82) is 0 Å². The van der Waals surface area contributed by atoms with Gasteiger partial charge in [-0.2, -0.15) is 22.0 Å². The van der Waals surface area contributed by atoms with Crippen molar-refractivity contribution in [3.63, 3.8) is 0 Å². The Hall–Kier alpha value is -2.10. The van der Waals surface area contributed by atoms with Crippen LogP contribution in [0.2, 0.25) is 0 Å². The number of rotatable bonds is 3. The van der Waals surface area contributed by atoms with Crippen LogP contribution < -0.4 is 0 Å². The van der Waals surface area contributed by atoms with Gasteiger partial charge in [0.2, 0.25) is 0 Å². The standard InChI is InChI=1S/C33H39F5O4/c1-28(2)41-17-29(3,18-42-28)21-8-5-19(6-9-21)25-16-30(4)26(13-14-31(30,40)32(34,35)33(36,37)38)24-11-7-20-15-22(39)10-12-23(20)27(24)25/h5-6,8-9,15,24-26,40H,7,10-14,16-18H2,1-4H3/t24?,25-,26?,30+,31+/m1/s1. The molecule has 2 unspecified atom stereocenters. The van der Waals surface area contributed by atoms with Crippen LogP contribution in [0.3, 0.4) is 0 Å². The predicted molar refractivity (Wildman–Crippen MR) is 146 cm³/mol. The number of hydrogen-bond acceptors (Lipinski definition) is 4. The summed E-state index contributed by atoms with van der Waals surface area (Å²) < 4.78 is 83.6. The van der Waals surface area contributed by atoms with Crippen molar-refractivity contribution < 1.29 is 41.3 Å². The smallest absolute Gasteiger partial charge is 0.383 e. The number of benzene rings is 1. The van der Waals surface area contributed by atoms with Gasteiger partial charge in [-0.1, -0.05) is 43.7 Å². The minimum Gasteiger partial charge on any atom is -0.383 e. The van der Waals surface area contributed by atoms with Crippen molar-refractivity contribution in [3.8, 4) is 0 Å². The van der Waals surface area contributed by atoms with E-state index in [4.69, 9.17) is 9.47 Å². The number of ketones is 1. The number of aliphatic hydroxyl groups is 1. The van der Waals surface area contributed by atoms with E-state index in [2.05, 4.69) is 0 Å². The molecule has 0 aromatic heterocycles. The molecule has 1 aliphatic heterocycles. The monoisotopic (exact) mass is 594 g/mol. The van der Waals surface area contributed by atoms with Crippen molar-refractivity contribution >= 4 is 5.78 Å². The largest absolute Gasteiger partial charge is 0.456 e. The Bertz CT molecular complexity index is 1330. The number of alkyl halides is 5. The first-order chi connectivity index (χ1) is 19.4. The molecule has 9 heteroatoms. The first-order valence-corrected chi connectivity index (χ1v) is 14.9. The first kappa shape index (κ1) is 29.9. The van der Waals surface area contributed by atoms with Crippen molar-refractivity contribution in [1.82, 2.24) is 0 Å². The van der Waals surface area contributed by atoms with Crippen LogP contribution in [0.4, 0.5) is 22.0 Å². The second-order valence-electron chi connectivity index (χ2n) is 14.1. The molecule has 0 radical (unpaired) electrons. The Kier molecular flexibility index (Phi) is 6.74. The average molecular weight is 595 g/mol. The van der Waals surface area contributed by atoms with E-state index in [1.807, 2.05) is 45.0 Å². The van der Waals surface area contributed by atoms with Crippen LogP contribution in [0.1, 0.15) is 89.7 Å². The highest BCUT2D eigenvalue weighted by Crippen LogP contribution is 2.70. The Morgan fingerprint density at radius 2 is 1.55 bits per heavy atom. The van der Waals surface area contributed by atoms with Gasteiger partial charge in [0.15, 0.2) is 11.6 Å². The molecule has 1 saturated heterocycles. The number of carbonyl (C=O) groups excluding carboxylic acids is 1. The minimum atomic E-state index is -5.87. The van der Waals surface area contributed by atoms with Crippen molar-refractivity contribution in [2.45, 2.75) is 107 Å². The van der Waals surface area contributed by atoms with Gasteiger partial charge in [-0.3, -0.25) is 4.79 Å². The number of hydrogen-bond donors (Lipinski definition) is 1. The van der Waals surface area contributed by atoms with E-state index in [9.17, 15) is 23.1 Å². The lowest BCUT2D eigenvalue weighted by molar-refractivity contribution is -0.362. The normalized spacial score (nSPS) is 36.2. The zero-order valence-electron chi connectivity index (χ0n) is 24.5. The number of allylic oxidation sites excluding steroid dienone is 4. The number of fused-ring (bicyclic) bond motifs is 4. The Balaban J connectivity index is 1.44. The lowest BCUT2D eigenvalue weighted by atomic mass is 9.50. The topological polar surface area (TPSA) is 55.8 Å². The van der Waals surface area contributed by atoms with E-state index in [1.165, 1.54) is 6.92 Å². The third kappa shape index (κ3) is 4.27. The van der Waals surface area contributed by atoms with Crippen LogP contribution in [0.5, 0.6) is 0 Å². The van der Waals surface area contributed by atoms with Gasteiger partial charge in [-0.25, -0.2) is 0 Å². The molecule has 1 N–H and O–H groups in total. The molecule has 0 amide bonds. The molecule has 1 aromatic carbocycles. The molecule has 42 heavy (non-hydrogen) atoms. The molecule has 5 aliphatic rings. The molecule has 2 saturated carbocycles. The maximum atomic E-state index is 15.2. The van der Waals surface area contributed by atoms with Crippen LogP contribution in [0, 0.1) is 17.3 Å². The minimum absolute atomic E-state index is 0.0343. The van der Waals surface area contributed by atoms with Crippen LogP contribution in [0.15, 0.2) is 47.1 Å². The second kappa shape index (κ2) is 9.45. The molecular weight excluding hydrogens is 555 g/mol. The molecule has 1 heterocycles. The summed E-state index contributed by atoms with van der Waals surface area (Å²) in [6.07, 6.45) is -2.69. The van der Waals surface area contributed by atoms with Gasteiger partial charge >= 0.3 is 12.1 Å². The van der Waals surface area contributed by atoms with E-state index < -0.39 is 52.6 Å². The molecule has 3 fully saturated rings. The number of halogens is 5.